The maximum atomic E-state index is 13.0. The Morgan fingerprint density at radius 3 is 2.75 bits per heavy atom. The molecule has 28 heavy (non-hydrogen) atoms. The Morgan fingerprint density at radius 1 is 1.25 bits per heavy atom. The first kappa shape index (κ1) is 18.5. The molecule has 1 atom stereocenters. The normalized spacial score (nSPS) is 18.1. The van der Waals surface area contributed by atoms with Crippen LogP contribution in [0.3, 0.4) is 0 Å². The molecule has 1 aromatic heterocycles. The minimum atomic E-state index is -0.465. The molecule has 0 spiro atoms. The van der Waals surface area contributed by atoms with E-state index in [1.165, 1.54) is 11.8 Å². The van der Waals surface area contributed by atoms with Crippen LogP contribution in [0.15, 0.2) is 45.5 Å². The SMILES string of the molecule is CCCSc1nc2c(c(=O)[nH]1)[C@@H](c1ccc(C#N)cc1)C1=C(CCCC1=O)N2. The van der Waals surface area contributed by atoms with Crippen LogP contribution in [0.5, 0.6) is 0 Å². The minimum absolute atomic E-state index is 0.0672. The zero-order chi connectivity index (χ0) is 19.7. The van der Waals surface area contributed by atoms with Crippen LogP contribution in [-0.2, 0) is 4.79 Å². The molecule has 1 aromatic carbocycles. The number of aromatic amines is 1. The Morgan fingerprint density at radius 2 is 2.04 bits per heavy atom. The summed E-state index contributed by atoms with van der Waals surface area (Å²) in [5.74, 6) is 1.00. The van der Waals surface area contributed by atoms with Crippen LogP contribution in [0.2, 0.25) is 0 Å². The van der Waals surface area contributed by atoms with Gasteiger partial charge < -0.3 is 10.3 Å². The number of hydrogen-bond donors (Lipinski definition) is 2. The Hall–Kier alpha value is -2.85. The summed E-state index contributed by atoms with van der Waals surface area (Å²) in [7, 11) is 0. The number of thioether (sulfide) groups is 1. The molecule has 2 N–H and O–H groups in total. The Kier molecular flexibility index (Phi) is 5.05. The van der Waals surface area contributed by atoms with Gasteiger partial charge in [0.15, 0.2) is 10.9 Å². The van der Waals surface area contributed by atoms with Gasteiger partial charge in [-0.25, -0.2) is 4.98 Å². The van der Waals surface area contributed by atoms with Gasteiger partial charge in [-0.05, 0) is 37.0 Å². The number of benzene rings is 1. The van der Waals surface area contributed by atoms with Gasteiger partial charge in [-0.2, -0.15) is 5.26 Å². The van der Waals surface area contributed by atoms with E-state index in [-0.39, 0.29) is 11.3 Å². The van der Waals surface area contributed by atoms with Gasteiger partial charge in [0.05, 0.1) is 17.2 Å². The molecule has 1 aliphatic heterocycles. The molecule has 0 amide bonds. The van der Waals surface area contributed by atoms with Crippen LogP contribution in [0.4, 0.5) is 5.82 Å². The predicted octanol–water partition coefficient (Wildman–Crippen LogP) is 3.71. The van der Waals surface area contributed by atoms with Crippen molar-refractivity contribution in [2.75, 3.05) is 11.1 Å². The minimum Gasteiger partial charge on any atom is -0.343 e. The van der Waals surface area contributed by atoms with E-state index in [4.69, 9.17) is 5.26 Å². The van der Waals surface area contributed by atoms with Gasteiger partial charge in [-0.15, -0.1) is 0 Å². The lowest BCUT2D eigenvalue weighted by Gasteiger charge is -2.32. The number of Topliss-reactive ketones (excluding diaryl/α,β-unsaturated/α-hetero) is 1. The van der Waals surface area contributed by atoms with Gasteiger partial charge in [-0.3, -0.25) is 9.59 Å². The fourth-order valence-electron chi connectivity index (χ4n) is 3.79. The summed E-state index contributed by atoms with van der Waals surface area (Å²) in [5.41, 5.74) is 3.13. The third kappa shape index (κ3) is 3.25. The molecule has 7 heteroatoms. The average molecular weight is 392 g/mol. The van der Waals surface area contributed by atoms with Crippen LogP contribution >= 0.6 is 11.8 Å². The number of nitrogens with one attached hydrogen (secondary N) is 2. The zero-order valence-electron chi connectivity index (χ0n) is 15.5. The van der Waals surface area contributed by atoms with Crippen molar-refractivity contribution in [2.24, 2.45) is 0 Å². The van der Waals surface area contributed by atoms with Crippen LogP contribution in [0.25, 0.3) is 0 Å². The first-order valence-electron chi connectivity index (χ1n) is 9.42. The Balaban J connectivity index is 1.88. The maximum absolute atomic E-state index is 13.0. The highest BCUT2D eigenvalue weighted by atomic mass is 32.2. The molecule has 0 saturated carbocycles. The lowest BCUT2D eigenvalue weighted by atomic mass is 9.76. The largest absolute Gasteiger partial charge is 0.343 e. The lowest BCUT2D eigenvalue weighted by molar-refractivity contribution is -0.116. The van der Waals surface area contributed by atoms with Crippen LogP contribution in [0, 0.1) is 11.3 Å². The van der Waals surface area contributed by atoms with Gasteiger partial charge in [0.1, 0.15) is 5.82 Å². The average Bonchev–Trinajstić information content (AvgIpc) is 2.71. The van der Waals surface area contributed by atoms with E-state index in [2.05, 4.69) is 28.3 Å². The zero-order valence-corrected chi connectivity index (χ0v) is 16.4. The Bertz CT molecular complexity index is 1060. The van der Waals surface area contributed by atoms with Gasteiger partial charge in [0.2, 0.25) is 0 Å². The molecule has 142 valence electrons. The lowest BCUT2D eigenvalue weighted by Crippen LogP contribution is -2.32. The predicted molar refractivity (Wildman–Crippen MR) is 108 cm³/mol. The fraction of sp³-hybridized carbons (Fsp3) is 0.333. The van der Waals surface area contributed by atoms with Crippen LogP contribution in [-0.4, -0.2) is 21.5 Å². The smallest absolute Gasteiger partial charge is 0.257 e. The van der Waals surface area contributed by atoms with E-state index < -0.39 is 5.92 Å². The molecule has 2 aliphatic rings. The molecule has 4 rings (SSSR count). The summed E-state index contributed by atoms with van der Waals surface area (Å²) in [5, 5.41) is 12.9. The number of aromatic nitrogens is 2. The quantitative estimate of drug-likeness (QED) is 0.608. The van der Waals surface area contributed by atoms with Crippen molar-refractivity contribution in [1.82, 2.24) is 9.97 Å². The number of anilines is 1. The van der Waals surface area contributed by atoms with Crippen molar-refractivity contribution in [1.29, 1.82) is 5.26 Å². The van der Waals surface area contributed by atoms with E-state index >= 15 is 0 Å². The van der Waals surface area contributed by atoms with Crippen molar-refractivity contribution in [3.05, 3.63) is 62.6 Å². The molecule has 0 radical (unpaired) electrons. The van der Waals surface area contributed by atoms with Crippen molar-refractivity contribution in [3.8, 4) is 6.07 Å². The van der Waals surface area contributed by atoms with Gasteiger partial charge in [0.25, 0.3) is 5.56 Å². The molecular weight excluding hydrogens is 372 g/mol. The first-order chi connectivity index (χ1) is 13.6. The number of allylic oxidation sites excluding steroid dienone is 2. The van der Waals surface area contributed by atoms with Crippen molar-refractivity contribution < 1.29 is 4.79 Å². The second kappa shape index (κ2) is 7.64. The van der Waals surface area contributed by atoms with E-state index in [0.29, 0.717) is 34.1 Å². The summed E-state index contributed by atoms with van der Waals surface area (Å²) < 4.78 is 0. The summed E-state index contributed by atoms with van der Waals surface area (Å²) >= 11 is 1.51. The molecule has 0 fully saturated rings. The van der Waals surface area contributed by atoms with Crippen molar-refractivity contribution in [2.45, 2.75) is 43.7 Å². The first-order valence-corrected chi connectivity index (χ1v) is 10.4. The van der Waals surface area contributed by atoms with Crippen molar-refractivity contribution in [3.63, 3.8) is 0 Å². The maximum Gasteiger partial charge on any atom is 0.257 e. The Labute approximate surface area is 167 Å². The summed E-state index contributed by atoms with van der Waals surface area (Å²) in [6, 6.07) is 9.19. The molecule has 2 heterocycles. The number of nitriles is 1. The molecular formula is C21H20N4O2S. The number of hydrogen-bond acceptors (Lipinski definition) is 6. The monoisotopic (exact) mass is 392 g/mol. The third-order valence-corrected chi connectivity index (χ3v) is 6.13. The number of fused-ring (bicyclic) bond motifs is 1. The molecule has 6 nitrogen and oxygen atoms in total. The highest BCUT2D eigenvalue weighted by molar-refractivity contribution is 7.99. The van der Waals surface area contributed by atoms with Crippen LogP contribution in [0.1, 0.15) is 55.2 Å². The summed E-state index contributed by atoms with van der Waals surface area (Å²) in [4.78, 5) is 33.3. The number of carbonyl (C=O) groups is 1. The van der Waals surface area contributed by atoms with E-state index in [1.807, 2.05) is 12.1 Å². The van der Waals surface area contributed by atoms with E-state index in [1.54, 1.807) is 12.1 Å². The number of H-pyrrole nitrogens is 1. The highest BCUT2D eigenvalue weighted by Gasteiger charge is 2.37. The van der Waals surface area contributed by atoms with Gasteiger partial charge >= 0.3 is 0 Å². The standard InChI is InChI=1S/C21H20N4O2S/c1-2-10-28-21-24-19-18(20(27)25-21)16(13-8-6-12(11-22)7-9-13)17-14(23-19)4-3-5-15(17)26/h6-9,16H,2-5,10H2,1H3,(H2,23,24,25,27)/t16-/m0/s1. The summed E-state index contributed by atoms with van der Waals surface area (Å²) in [6.45, 7) is 2.08. The highest BCUT2D eigenvalue weighted by Crippen LogP contribution is 2.43. The second-order valence-electron chi connectivity index (χ2n) is 6.94. The van der Waals surface area contributed by atoms with E-state index in [0.717, 1.165) is 36.3 Å². The van der Waals surface area contributed by atoms with Crippen molar-refractivity contribution >= 4 is 23.4 Å². The molecule has 0 saturated heterocycles. The third-order valence-electron chi connectivity index (χ3n) is 5.05. The molecule has 0 bridgehead atoms. The molecule has 0 unspecified atom stereocenters. The number of ketones is 1. The molecule has 1 aliphatic carbocycles. The topological polar surface area (TPSA) is 98.6 Å². The summed E-state index contributed by atoms with van der Waals surface area (Å²) in [6.07, 6.45) is 3.02. The fourth-order valence-corrected chi connectivity index (χ4v) is 4.51. The second-order valence-corrected chi connectivity index (χ2v) is 8.03. The van der Waals surface area contributed by atoms with Gasteiger partial charge in [-0.1, -0.05) is 30.8 Å². The number of rotatable bonds is 4. The van der Waals surface area contributed by atoms with Gasteiger partial charge in [0, 0.05) is 29.4 Å². The number of nitrogens with zero attached hydrogens (tertiary/aromatic N) is 2. The number of carbonyl (C=O) groups excluding carboxylic acids is 1. The van der Waals surface area contributed by atoms with Crippen LogP contribution < -0.4 is 10.9 Å². The molecule has 2 aromatic rings. The van der Waals surface area contributed by atoms with E-state index in [9.17, 15) is 9.59 Å².